The summed E-state index contributed by atoms with van der Waals surface area (Å²) in [6, 6.07) is -1.57. The summed E-state index contributed by atoms with van der Waals surface area (Å²) in [5, 5.41) is 7.87. The maximum atomic E-state index is 13.4. The van der Waals surface area contributed by atoms with Crippen LogP contribution in [0.3, 0.4) is 0 Å². The van der Waals surface area contributed by atoms with Gasteiger partial charge in [0.15, 0.2) is 0 Å². The molecular weight excluding hydrogens is 415 g/mol. The zero-order chi connectivity index (χ0) is 22.7. The predicted molar refractivity (Wildman–Crippen MR) is 102 cm³/mol. The van der Waals surface area contributed by atoms with Gasteiger partial charge in [0.25, 0.3) is 5.91 Å². The number of hydrogen-bond acceptors (Lipinski definition) is 6. The van der Waals surface area contributed by atoms with Crippen molar-refractivity contribution in [2.24, 2.45) is 5.73 Å². The fourth-order valence-corrected chi connectivity index (χ4v) is 4.01. The van der Waals surface area contributed by atoms with Gasteiger partial charge in [-0.3, -0.25) is 9.59 Å². The number of primary amides is 1. The monoisotopic (exact) mass is 437 g/mol. The fourth-order valence-electron chi connectivity index (χ4n) is 4.01. The lowest BCUT2D eigenvalue weighted by Crippen LogP contribution is -2.49. The molecule has 0 saturated carbocycles. The van der Waals surface area contributed by atoms with E-state index >= 15 is 0 Å². The van der Waals surface area contributed by atoms with Crippen molar-refractivity contribution in [2.45, 2.75) is 57.5 Å². The molecule has 2 atom stereocenters. The first-order valence-corrected chi connectivity index (χ1v) is 9.74. The van der Waals surface area contributed by atoms with Gasteiger partial charge in [-0.1, -0.05) is 0 Å². The number of fused-ring (bicyclic) bond motifs is 3. The Morgan fingerprint density at radius 1 is 1.32 bits per heavy atom. The van der Waals surface area contributed by atoms with Crippen molar-refractivity contribution in [1.29, 1.82) is 0 Å². The van der Waals surface area contributed by atoms with Gasteiger partial charge in [0, 0.05) is 42.0 Å². The van der Waals surface area contributed by atoms with Crippen molar-refractivity contribution in [3.63, 3.8) is 0 Å². The summed E-state index contributed by atoms with van der Waals surface area (Å²) in [5.74, 6) is -2.29. The van der Waals surface area contributed by atoms with Crippen molar-refractivity contribution < 1.29 is 22.8 Å². The number of amides is 2. The lowest BCUT2D eigenvalue weighted by Gasteiger charge is -2.37. The van der Waals surface area contributed by atoms with E-state index in [1.165, 1.54) is 9.58 Å². The Morgan fingerprint density at radius 2 is 1.97 bits per heavy atom. The van der Waals surface area contributed by atoms with Crippen LogP contribution in [0.2, 0.25) is 0 Å². The molecule has 2 aliphatic rings. The highest BCUT2D eigenvalue weighted by Crippen LogP contribution is 2.34. The maximum absolute atomic E-state index is 13.4. The van der Waals surface area contributed by atoms with Gasteiger partial charge in [-0.2, -0.15) is 18.3 Å². The van der Waals surface area contributed by atoms with E-state index in [0.29, 0.717) is 24.1 Å². The van der Waals surface area contributed by atoms with Crippen molar-refractivity contribution in [3.8, 4) is 0 Å². The summed E-state index contributed by atoms with van der Waals surface area (Å²) < 4.78 is 39.7. The molecule has 2 amide bonds. The van der Waals surface area contributed by atoms with Crippen LogP contribution >= 0.6 is 0 Å². The molecule has 3 N–H and O–H groups in total. The molecule has 4 heterocycles. The van der Waals surface area contributed by atoms with E-state index in [2.05, 4.69) is 20.4 Å². The molecule has 0 fully saturated rings. The number of aromatic nitrogens is 4. The van der Waals surface area contributed by atoms with Crippen molar-refractivity contribution in [2.75, 3.05) is 6.54 Å². The summed E-state index contributed by atoms with van der Waals surface area (Å²) in [6.45, 7) is 6.02. The number of nitrogens with zero attached hydrogens (tertiary/aromatic N) is 5. The van der Waals surface area contributed by atoms with Gasteiger partial charge < -0.3 is 16.0 Å². The summed E-state index contributed by atoms with van der Waals surface area (Å²) in [7, 11) is 0. The minimum Gasteiger partial charge on any atom is -0.368 e. The van der Waals surface area contributed by atoms with E-state index in [4.69, 9.17) is 5.73 Å². The standard InChI is InChI=1S/C19H22F3N7O2/c1-9(10-5-24-17(25-6-10)19(20,21)22)28-8-13(15(23)30)29-14(16(28)31)11-7-26-18(2,3)4-12(11)27-29/h5-6,9,13,26H,4,7-8H2,1-3H3,(H2,23,30)/t9-,13?/m0/s1. The molecule has 31 heavy (non-hydrogen) atoms. The number of carbonyl (C=O) groups excluding carboxylic acids is 2. The largest absolute Gasteiger partial charge is 0.451 e. The van der Waals surface area contributed by atoms with Crippen LogP contribution in [0.5, 0.6) is 0 Å². The van der Waals surface area contributed by atoms with Crippen LogP contribution < -0.4 is 11.1 Å². The highest BCUT2D eigenvalue weighted by molar-refractivity contribution is 5.97. The third-order valence-electron chi connectivity index (χ3n) is 5.78. The maximum Gasteiger partial charge on any atom is 0.451 e. The van der Waals surface area contributed by atoms with E-state index in [1.54, 1.807) is 6.92 Å². The zero-order valence-corrected chi connectivity index (χ0v) is 17.2. The van der Waals surface area contributed by atoms with Crippen LogP contribution in [-0.4, -0.2) is 48.5 Å². The van der Waals surface area contributed by atoms with Gasteiger partial charge in [0.1, 0.15) is 11.7 Å². The number of carbonyl (C=O) groups is 2. The van der Waals surface area contributed by atoms with Crippen LogP contribution in [0.15, 0.2) is 12.4 Å². The summed E-state index contributed by atoms with van der Waals surface area (Å²) in [6.07, 6.45) is -2.01. The first kappa shape index (κ1) is 21.2. The molecule has 166 valence electrons. The van der Waals surface area contributed by atoms with Crippen molar-refractivity contribution in [3.05, 3.63) is 40.7 Å². The van der Waals surface area contributed by atoms with E-state index in [0.717, 1.165) is 18.1 Å². The van der Waals surface area contributed by atoms with Crippen LogP contribution in [0.4, 0.5) is 13.2 Å². The Morgan fingerprint density at radius 3 is 2.55 bits per heavy atom. The van der Waals surface area contributed by atoms with Gasteiger partial charge in [-0.05, 0) is 20.8 Å². The summed E-state index contributed by atoms with van der Waals surface area (Å²) in [4.78, 5) is 33.7. The molecule has 2 aliphatic heterocycles. The number of alkyl halides is 3. The summed E-state index contributed by atoms with van der Waals surface area (Å²) >= 11 is 0. The van der Waals surface area contributed by atoms with Crippen LogP contribution in [0.25, 0.3) is 0 Å². The number of rotatable bonds is 3. The second kappa shape index (κ2) is 7.01. The Hall–Kier alpha value is -3.02. The first-order valence-electron chi connectivity index (χ1n) is 9.74. The highest BCUT2D eigenvalue weighted by atomic mass is 19.4. The smallest absolute Gasteiger partial charge is 0.368 e. The number of hydrogen-bond donors (Lipinski definition) is 2. The average Bonchev–Trinajstić information content (AvgIpc) is 3.04. The highest BCUT2D eigenvalue weighted by Gasteiger charge is 2.43. The minimum atomic E-state index is -4.66. The lowest BCUT2D eigenvalue weighted by molar-refractivity contribution is -0.145. The van der Waals surface area contributed by atoms with Crippen molar-refractivity contribution >= 4 is 11.8 Å². The van der Waals surface area contributed by atoms with E-state index in [9.17, 15) is 22.8 Å². The van der Waals surface area contributed by atoms with Gasteiger partial charge in [0.2, 0.25) is 11.7 Å². The SMILES string of the molecule is C[C@@H](c1cnc(C(F)(F)F)nc1)N1CC(C(N)=O)n2nc3c(c2C1=O)CNC(C)(C)C3. The molecule has 0 aliphatic carbocycles. The van der Waals surface area contributed by atoms with E-state index in [1.807, 2.05) is 13.8 Å². The Labute approximate surface area is 175 Å². The van der Waals surface area contributed by atoms with Crippen LogP contribution in [0.1, 0.15) is 66.0 Å². The zero-order valence-electron chi connectivity index (χ0n) is 17.2. The molecule has 0 spiro atoms. The molecule has 1 unspecified atom stereocenters. The lowest BCUT2D eigenvalue weighted by atomic mass is 9.91. The van der Waals surface area contributed by atoms with Gasteiger partial charge >= 0.3 is 6.18 Å². The number of halogens is 3. The van der Waals surface area contributed by atoms with Crippen molar-refractivity contribution in [1.82, 2.24) is 30.0 Å². The first-order chi connectivity index (χ1) is 14.4. The fraction of sp³-hybridized carbons (Fsp3) is 0.526. The van der Waals surface area contributed by atoms with E-state index < -0.39 is 30.0 Å². The average molecular weight is 437 g/mol. The number of nitrogens with two attached hydrogens (primary N) is 1. The molecule has 9 nitrogen and oxygen atoms in total. The predicted octanol–water partition coefficient (Wildman–Crippen LogP) is 1.36. The number of nitrogens with one attached hydrogen (secondary N) is 1. The van der Waals surface area contributed by atoms with E-state index in [-0.39, 0.29) is 23.7 Å². The Kier molecular flexibility index (Phi) is 4.80. The molecule has 0 saturated heterocycles. The topological polar surface area (TPSA) is 119 Å². The molecule has 4 rings (SSSR count). The molecule has 2 aromatic rings. The molecular formula is C19H22F3N7O2. The van der Waals surface area contributed by atoms with Crippen LogP contribution in [0, 0.1) is 0 Å². The second-order valence-corrected chi connectivity index (χ2v) is 8.52. The third-order valence-corrected chi connectivity index (χ3v) is 5.78. The Bertz CT molecular complexity index is 1050. The molecule has 12 heteroatoms. The minimum absolute atomic E-state index is 0.0548. The van der Waals surface area contributed by atoms with Gasteiger partial charge in [0.05, 0.1) is 18.3 Å². The molecule has 0 radical (unpaired) electrons. The molecule has 0 bridgehead atoms. The summed E-state index contributed by atoms with van der Waals surface area (Å²) in [5.41, 5.74) is 7.40. The van der Waals surface area contributed by atoms with Crippen LogP contribution in [-0.2, 0) is 23.9 Å². The molecule has 0 aromatic carbocycles. The van der Waals surface area contributed by atoms with Gasteiger partial charge in [-0.25, -0.2) is 14.6 Å². The quantitative estimate of drug-likeness (QED) is 0.749. The second-order valence-electron chi connectivity index (χ2n) is 8.52. The third kappa shape index (κ3) is 3.64. The Balaban J connectivity index is 1.71. The molecule has 2 aromatic heterocycles. The van der Waals surface area contributed by atoms with Gasteiger partial charge in [-0.15, -0.1) is 0 Å². The normalized spacial score (nSPS) is 21.4.